The highest BCUT2D eigenvalue weighted by Crippen LogP contribution is 2.25. The number of benzene rings is 1. The lowest BCUT2D eigenvalue weighted by Gasteiger charge is -2.36. The Hall–Kier alpha value is -2.06. The van der Waals surface area contributed by atoms with Crippen LogP contribution in [0.1, 0.15) is 5.56 Å². The molecule has 3 saturated heterocycles. The van der Waals surface area contributed by atoms with Gasteiger partial charge in [-0.15, -0.1) is 11.8 Å². The molecule has 8 heteroatoms. The summed E-state index contributed by atoms with van der Waals surface area (Å²) in [7, 11) is 0. The van der Waals surface area contributed by atoms with E-state index < -0.39 is 6.04 Å². The van der Waals surface area contributed by atoms with Crippen molar-refractivity contribution in [2.45, 2.75) is 18.6 Å². The number of hydrogen-bond donors (Lipinski definition) is 1. The van der Waals surface area contributed by atoms with Gasteiger partial charge in [0, 0.05) is 24.7 Å². The number of nitrogens with zero attached hydrogens (tertiary/aromatic N) is 3. The Morgan fingerprint density at radius 2 is 2.00 bits per heavy atom. The van der Waals surface area contributed by atoms with E-state index >= 15 is 0 Å². The lowest BCUT2D eigenvalue weighted by atomic mass is 10.1. The molecular formula is C17H20N4O3S. The number of nitrogens with one attached hydrogen (secondary N) is 1. The van der Waals surface area contributed by atoms with E-state index in [4.69, 9.17) is 0 Å². The second-order valence-corrected chi connectivity index (χ2v) is 7.49. The van der Waals surface area contributed by atoms with Crippen LogP contribution in [0.25, 0.3) is 0 Å². The monoisotopic (exact) mass is 360 g/mol. The molecule has 4 amide bonds. The highest BCUT2D eigenvalue weighted by molar-refractivity contribution is 7.99. The summed E-state index contributed by atoms with van der Waals surface area (Å²) in [6.07, 6.45) is 0. The average molecular weight is 360 g/mol. The molecule has 0 unspecified atom stereocenters. The topological polar surface area (TPSA) is 73.0 Å². The van der Waals surface area contributed by atoms with Gasteiger partial charge in [-0.25, -0.2) is 4.79 Å². The third-order valence-corrected chi connectivity index (χ3v) is 5.86. The van der Waals surface area contributed by atoms with Gasteiger partial charge >= 0.3 is 6.03 Å². The maximum atomic E-state index is 12.7. The van der Waals surface area contributed by atoms with Crippen molar-refractivity contribution in [3.8, 4) is 0 Å². The van der Waals surface area contributed by atoms with Gasteiger partial charge in [-0.05, 0) is 5.56 Å². The molecule has 132 valence electrons. The molecule has 3 aliphatic heterocycles. The van der Waals surface area contributed by atoms with Crippen LogP contribution in [0.5, 0.6) is 0 Å². The summed E-state index contributed by atoms with van der Waals surface area (Å²) in [5.74, 6) is 1.37. The van der Waals surface area contributed by atoms with Crippen molar-refractivity contribution in [2.75, 3.05) is 31.3 Å². The number of rotatable bonds is 3. The maximum absolute atomic E-state index is 12.7. The molecule has 25 heavy (non-hydrogen) atoms. The number of hydrogen-bond acceptors (Lipinski definition) is 5. The highest BCUT2D eigenvalue weighted by atomic mass is 32.2. The largest absolute Gasteiger partial charge is 0.337 e. The standard InChI is InChI=1S/C17H20N4O3S/c22-15(13-10-25-11-18-13)19-6-7-20-14(9-19)16(23)21(17(20)24)8-12-4-2-1-3-5-12/h1-5,13-14,18H,6-11H2/t13-,14+/m1/s1. The van der Waals surface area contributed by atoms with Crippen LogP contribution in [0.15, 0.2) is 30.3 Å². The summed E-state index contributed by atoms with van der Waals surface area (Å²) in [5.41, 5.74) is 0.921. The van der Waals surface area contributed by atoms with Crippen LogP contribution in [0.4, 0.5) is 4.79 Å². The number of urea groups is 1. The molecule has 0 aliphatic carbocycles. The molecule has 2 atom stereocenters. The molecule has 0 aromatic heterocycles. The van der Waals surface area contributed by atoms with Gasteiger partial charge in [0.1, 0.15) is 6.04 Å². The number of thioether (sulfide) groups is 1. The van der Waals surface area contributed by atoms with Crippen LogP contribution < -0.4 is 5.32 Å². The number of carbonyl (C=O) groups excluding carboxylic acids is 3. The summed E-state index contributed by atoms with van der Waals surface area (Å²) < 4.78 is 0. The molecule has 1 N–H and O–H groups in total. The Morgan fingerprint density at radius 1 is 1.20 bits per heavy atom. The zero-order chi connectivity index (χ0) is 17.4. The molecule has 3 fully saturated rings. The third-order valence-electron chi connectivity index (χ3n) is 4.92. The van der Waals surface area contributed by atoms with Gasteiger partial charge in [-0.1, -0.05) is 30.3 Å². The molecule has 0 spiro atoms. The molecule has 0 radical (unpaired) electrons. The first kappa shape index (κ1) is 16.4. The number of amides is 4. The number of carbonyl (C=O) groups is 3. The summed E-state index contributed by atoms with van der Waals surface area (Å²) >= 11 is 1.70. The smallest absolute Gasteiger partial charge is 0.327 e. The summed E-state index contributed by atoms with van der Waals surface area (Å²) in [6.45, 7) is 1.46. The summed E-state index contributed by atoms with van der Waals surface area (Å²) in [4.78, 5) is 42.6. The predicted octanol–water partition coefficient (Wildman–Crippen LogP) is 0.324. The van der Waals surface area contributed by atoms with Gasteiger partial charge in [-0.3, -0.25) is 19.8 Å². The SMILES string of the molecule is O=C([C@H]1CSCN1)N1CCN2C(=O)N(Cc3ccccc3)C(=O)[C@@H]2C1. The normalized spacial score (nSPS) is 26.3. The molecule has 3 heterocycles. The molecular weight excluding hydrogens is 340 g/mol. The van der Waals surface area contributed by atoms with Crippen molar-refractivity contribution < 1.29 is 14.4 Å². The van der Waals surface area contributed by atoms with Gasteiger partial charge in [0.05, 0.1) is 19.1 Å². The van der Waals surface area contributed by atoms with Crippen molar-refractivity contribution in [1.82, 2.24) is 20.0 Å². The molecule has 0 bridgehead atoms. The van der Waals surface area contributed by atoms with Crippen molar-refractivity contribution in [2.24, 2.45) is 0 Å². The van der Waals surface area contributed by atoms with Gasteiger partial charge < -0.3 is 9.80 Å². The lowest BCUT2D eigenvalue weighted by Crippen LogP contribution is -2.57. The molecule has 0 saturated carbocycles. The van der Waals surface area contributed by atoms with Gasteiger partial charge in [0.15, 0.2) is 0 Å². The highest BCUT2D eigenvalue weighted by Gasteiger charge is 2.48. The Morgan fingerprint density at radius 3 is 2.72 bits per heavy atom. The van der Waals surface area contributed by atoms with Crippen LogP contribution in [0.3, 0.4) is 0 Å². The minimum absolute atomic E-state index is 0.0337. The first-order chi connectivity index (χ1) is 12.1. The zero-order valence-corrected chi connectivity index (χ0v) is 14.6. The lowest BCUT2D eigenvalue weighted by molar-refractivity contribution is -0.137. The Labute approximate surface area is 150 Å². The molecule has 1 aromatic rings. The Bertz CT molecular complexity index is 692. The van der Waals surface area contributed by atoms with Gasteiger partial charge in [0.2, 0.25) is 5.91 Å². The first-order valence-corrected chi connectivity index (χ1v) is 9.56. The van der Waals surface area contributed by atoms with E-state index in [2.05, 4.69) is 5.32 Å². The third kappa shape index (κ3) is 3.00. The maximum Gasteiger partial charge on any atom is 0.327 e. The van der Waals surface area contributed by atoms with Crippen molar-refractivity contribution >= 4 is 29.6 Å². The molecule has 3 aliphatic rings. The van der Waals surface area contributed by atoms with E-state index in [0.717, 1.165) is 17.2 Å². The van der Waals surface area contributed by atoms with Crippen molar-refractivity contribution in [3.63, 3.8) is 0 Å². The zero-order valence-electron chi connectivity index (χ0n) is 13.8. The number of fused-ring (bicyclic) bond motifs is 1. The van der Waals surface area contributed by atoms with E-state index in [1.807, 2.05) is 30.3 Å². The molecule has 1 aromatic carbocycles. The quantitative estimate of drug-likeness (QED) is 0.786. The first-order valence-electron chi connectivity index (χ1n) is 8.41. The van der Waals surface area contributed by atoms with E-state index in [9.17, 15) is 14.4 Å². The van der Waals surface area contributed by atoms with E-state index in [0.29, 0.717) is 13.1 Å². The fourth-order valence-corrected chi connectivity index (χ4v) is 4.47. The van der Waals surface area contributed by atoms with Crippen LogP contribution in [-0.2, 0) is 16.1 Å². The predicted molar refractivity (Wildman–Crippen MR) is 93.7 cm³/mol. The fourth-order valence-electron chi connectivity index (χ4n) is 3.54. The Kier molecular flexibility index (Phi) is 4.39. The van der Waals surface area contributed by atoms with Gasteiger partial charge in [-0.2, -0.15) is 0 Å². The average Bonchev–Trinajstić information content (AvgIpc) is 3.26. The Balaban J connectivity index is 1.46. The van der Waals surface area contributed by atoms with E-state index in [1.54, 1.807) is 21.6 Å². The van der Waals surface area contributed by atoms with Crippen LogP contribution >= 0.6 is 11.8 Å². The number of piperazine rings is 1. The molecule has 4 rings (SSSR count). The van der Waals surface area contributed by atoms with Crippen molar-refractivity contribution in [1.29, 1.82) is 0 Å². The van der Waals surface area contributed by atoms with Crippen LogP contribution in [0.2, 0.25) is 0 Å². The van der Waals surface area contributed by atoms with Crippen LogP contribution in [0, 0.1) is 0 Å². The number of imide groups is 1. The summed E-state index contributed by atoms with van der Waals surface area (Å²) in [5, 5.41) is 3.17. The van der Waals surface area contributed by atoms with Gasteiger partial charge in [0.25, 0.3) is 5.91 Å². The summed E-state index contributed by atoms with van der Waals surface area (Å²) in [6, 6.07) is 8.50. The second-order valence-electron chi connectivity index (χ2n) is 6.46. The second kappa shape index (κ2) is 6.68. The minimum Gasteiger partial charge on any atom is -0.337 e. The molecule has 7 nitrogen and oxygen atoms in total. The van der Waals surface area contributed by atoms with Crippen LogP contribution in [-0.4, -0.2) is 75.9 Å². The van der Waals surface area contributed by atoms with E-state index in [1.165, 1.54) is 4.90 Å². The van der Waals surface area contributed by atoms with E-state index in [-0.39, 0.29) is 37.0 Å². The minimum atomic E-state index is -0.553. The fraction of sp³-hybridized carbons (Fsp3) is 0.471. The van der Waals surface area contributed by atoms with Crippen molar-refractivity contribution in [3.05, 3.63) is 35.9 Å².